The fraction of sp³-hybridized carbons (Fsp3) is 0.456. The first-order chi connectivity index (χ1) is 38.5. The summed E-state index contributed by atoms with van der Waals surface area (Å²) in [7, 11) is 0. The Hall–Kier alpha value is -7.55. The van der Waals surface area contributed by atoms with Crippen molar-refractivity contribution >= 4 is 41.4 Å². The number of amides is 7. The Morgan fingerprint density at radius 1 is 0.642 bits per heavy atom. The van der Waals surface area contributed by atoms with E-state index in [0.717, 1.165) is 71.1 Å². The molecule has 24 heteroatoms. The Balaban J connectivity index is 1.19. The second kappa shape index (κ2) is 26.8. The Morgan fingerprint density at radius 2 is 1.16 bits per heavy atom. The van der Waals surface area contributed by atoms with Gasteiger partial charge in [0.05, 0.1) is 31.0 Å². The van der Waals surface area contributed by atoms with Gasteiger partial charge in [0.1, 0.15) is 66.1 Å². The van der Waals surface area contributed by atoms with Crippen LogP contribution in [0.25, 0.3) is 22.3 Å². The maximum Gasteiger partial charge on any atom is 0.251 e. The quantitative estimate of drug-likeness (QED) is 0.0691. The second-order valence-electron chi connectivity index (χ2n) is 20.9. The average molecular weight is 1130 g/mol. The van der Waals surface area contributed by atoms with E-state index >= 15 is 0 Å². The van der Waals surface area contributed by atoms with E-state index in [0.29, 0.717) is 12.2 Å². The number of nitrogens with zero attached hydrogens (tertiary/aromatic N) is 2. The van der Waals surface area contributed by atoms with Crippen molar-refractivity contribution < 1.29 is 84.3 Å². The zero-order chi connectivity index (χ0) is 59.0. The van der Waals surface area contributed by atoms with E-state index in [-0.39, 0.29) is 23.4 Å². The Labute approximate surface area is 466 Å². The van der Waals surface area contributed by atoms with Crippen LogP contribution in [0.3, 0.4) is 0 Å². The second-order valence-corrected chi connectivity index (χ2v) is 20.9. The zero-order valence-electron chi connectivity index (χ0n) is 45.0. The first kappa shape index (κ1) is 61.1. The van der Waals surface area contributed by atoms with Crippen LogP contribution in [0, 0.1) is 5.92 Å². The normalized spacial score (nSPS) is 27.7. The van der Waals surface area contributed by atoms with Gasteiger partial charge >= 0.3 is 0 Å². The number of hydrogen-bond acceptors (Lipinski definition) is 17. The molecule has 0 aromatic heterocycles. The third-order valence-electron chi connectivity index (χ3n) is 14.8. The number of aliphatic hydroxyl groups is 8. The number of ether oxygens (including phenoxy) is 1. The number of carbonyl (C=O) groups is 7. The number of carbonyl (C=O) groups excluding carboxylic acids is 7. The number of phenols is 1. The Kier molecular flexibility index (Phi) is 20.2. The van der Waals surface area contributed by atoms with E-state index in [2.05, 4.69) is 33.5 Å². The highest BCUT2D eigenvalue weighted by Gasteiger charge is 2.50. The van der Waals surface area contributed by atoms with E-state index in [9.17, 15) is 79.5 Å². The number of nitrogens with one attached hydrogen (secondary N) is 5. The lowest BCUT2D eigenvalue weighted by molar-refractivity contribution is -0.148. The van der Waals surface area contributed by atoms with Crippen molar-refractivity contribution in [3.63, 3.8) is 0 Å². The van der Waals surface area contributed by atoms with Crippen molar-refractivity contribution in [1.82, 2.24) is 36.4 Å². The van der Waals surface area contributed by atoms with Crippen LogP contribution in [0.15, 0.2) is 97.1 Å². The largest absolute Gasteiger partial charge is 0.508 e. The van der Waals surface area contributed by atoms with Crippen molar-refractivity contribution in [1.29, 1.82) is 0 Å². The molecule has 14 N–H and O–H groups in total. The van der Waals surface area contributed by atoms with Gasteiger partial charge in [-0.25, -0.2) is 0 Å². The summed E-state index contributed by atoms with van der Waals surface area (Å²) in [6.07, 6.45) is -14.8. The van der Waals surface area contributed by atoms with Crippen molar-refractivity contribution in [2.24, 2.45) is 5.92 Å². The number of hydrogen-bond donors (Lipinski definition) is 14. The molecule has 0 saturated carbocycles. The summed E-state index contributed by atoms with van der Waals surface area (Å²) in [5.74, 6) is -8.68. The molecule has 0 bridgehead atoms. The van der Waals surface area contributed by atoms with Crippen LogP contribution >= 0.6 is 0 Å². The number of aromatic hydroxyl groups is 1. The molecule has 3 saturated heterocycles. The van der Waals surface area contributed by atoms with Crippen LogP contribution in [0.4, 0.5) is 0 Å². The summed E-state index contributed by atoms with van der Waals surface area (Å²) in [5.41, 5.74) is 3.36. The van der Waals surface area contributed by atoms with Gasteiger partial charge in [-0.2, -0.15) is 0 Å². The standard InChI is InChI=1S/C57H71N7O17/c1-5-6-23-81-39-21-17-34(18-22-39)32-9-7-31(8-10-32)33-11-13-36(14-12-33)50(73)58-40-25-42(69)53(76)62-55(78)46-47(70)28(2)26-64(46)57(80)44(30(4)66)60-54(77)45(49(72)48(71)35-15-19-37(67)20-16-35)61-52(75)41-24-38(68)27-63(41)56(79)43(29(3)65)59-51(40)74/h7-22,28-30,38,40-49,53,65-72,76H,5-6,23-27H2,1-4H3,(H,58,73)(H,59,74)(H,60,77)(H,61,75)(H,62,78)/t28-,29+,30+,38+,40-,41-,42+,43?,44?,45?,46?,47-,48-,49-,53+/m0/s1. The molecular weight excluding hydrogens is 1050 g/mol. The lowest BCUT2D eigenvalue weighted by Gasteiger charge is -2.34. The SMILES string of the molecule is CCCCOc1ccc(-c2ccc(-c3ccc(C(=O)N[C@H]4C[C@@H](O)[C@@H](O)NC(=O)C5[C@@H](O)[C@@H](C)CN5C(=O)C([C@@H](C)O)NC(=O)C([C@H](O)[C@@H](O)c5ccc(O)cc5)NC(=O)[C@@H]5C[C@@H](O)CN5C(=O)C([C@@H](C)O)NC4=O)cc3)cc2)cc1. The van der Waals surface area contributed by atoms with E-state index in [1.54, 1.807) is 12.1 Å². The topological polar surface area (TPSA) is 377 Å². The lowest BCUT2D eigenvalue weighted by atomic mass is 9.96. The molecule has 4 aromatic rings. The molecule has 3 fully saturated rings. The van der Waals surface area contributed by atoms with Crippen molar-refractivity contribution in [3.8, 4) is 33.8 Å². The number of rotatable bonds is 13. The molecular formula is C57H71N7O17. The molecule has 0 radical (unpaired) electrons. The highest BCUT2D eigenvalue weighted by atomic mass is 16.5. The van der Waals surface area contributed by atoms with Gasteiger partial charge in [-0.15, -0.1) is 0 Å². The van der Waals surface area contributed by atoms with Crippen molar-refractivity contribution in [2.75, 3.05) is 19.7 Å². The fourth-order valence-corrected chi connectivity index (χ4v) is 10.0. The van der Waals surface area contributed by atoms with Crippen LogP contribution < -0.4 is 31.3 Å². The van der Waals surface area contributed by atoms with E-state index in [4.69, 9.17) is 4.74 Å². The highest BCUT2D eigenvalue weighted by Crippen LogP contribution is 2.30. The molecule has 7 amide bonds. The van der Waals surface area contributed by atoms with E-state index < -0.39 is 152 Å². The molecule has 0 spiro atoms. The van der Waals surface area contributed by atoms with Crippen LogP contribution in [-0.2, 0) is 28.8 Å². The molecule has 436 valence electrons. The highest BCUT2D eigenvalue weighted by molar-refractivity contribution is 6.00. The van der Waals surface area contributed by atoms with Gasteiger partial charge in [0, 0.05) is 37.4 Å². The summed E-state index contributed by atoms with van der Waals surface area (Å²) in [4.78, 5) is 102. The van der Waals surface area contributed by atoms with Crippen molar-refractivity contribution in [3.05, 3.63) is 108 Å². The smallest absolute Gasteiger partial charge is 0.251 e. The minimum absolute atomic E-state index is 0.00903. The summed E-state index contributed by atoms with van der Waals surface area (Å²) >= 11 is 0. The number of benzene rings is 4. The predicted octanol–water partition coefficient (Wildman–Crippen LogP) is -1.32. The number of unbranched alkanes of at least 4 members (excludes halogenated alkanes) is 1. The van der Waals surface area contributed by atoms with Crippen molar-refractivity contribution in [2.45, 2.75) is 139 Å². The molecule has 24 nitrogen and oxygen atoms in total. The third kappa shape index (κ3) is 14.5. The molecule has 15 atom stereocenters. The summed E-state index contributed by atoms with van der Waals surface area (Å²) in [6, 6.07) is 14.7. The van der Waals surface area contributed by atoms with Gasteiger partial charge in [0.15, 0.2) is 6.23 Å². The molecule has 7 rings (SSSR count). The molecule has 3 aliphatic heterocycles. The summed E-state index contributed by atoms with van der Waals surface area (Å²) in [5, 5.41) is 111. The molecule has 3 heterocycles. The molecule has 0 aliphatic carbocycles. The minimum atomic E-state index is -2.29. The molecule has 4 unspecified atom stereocenters. The predicted molar refractivity (Wildman–Crippen MR) is 289 cm³/mol. The Bertz CT molecular complexity index is 2860. The van der Waals surface area contributed by atoms with E-state index in [1.807, 2.05) is 48.5 Å². The number of aliphatic hydroxyl groups excluding tert-OH is 8. The van der Waals surface area contributed by atoms with Crippen LogP contribution in [-0.4, -0.2) is 196 Å². The lowest BCUT2D eigenvalue weighted by Crippen LogP contribution is -2.64. The van der Waals surface area contributed by atoms with Gasteiger partial charge in [0.2, 0.25) is 35.4 Å². The van der Waals surface area contributed by atoms with Crippen LogP contribution in [0.5, 0.6) is 11.5 Å². The zero-order valence-corrected chi connectivity index (χ0v) is 45.0. The van der Waals surface area contributed by atoms with Gasteiger partial charge < -0.3 is 87.1 Å². The summed E-state index contributed by atoms with van der Waals surface area (Å²) in [6.45, 7) is 5.41. The molecule has 4 aromatic carbocycles. The minimum Gasteiger partial charge on any atom is -0.508 e. The van der Waals surface area contributed by atoms with Gasteiger partial charge in [-0.05, 0) is 84.5 Å². The maximum atomic E-state index is 14.5. The number of phenolic OH excluding ortho intramolecular Hbond substituents is 1. The van der Waals surface area contributed by atoms with Gasteiger partial charge in [0.25, 0.3) is 5.91 Å². The third-order valence-corrected chi connectivity index (χ3v) is 14.8. The average Bonchev–Trinajstić information content (AvgIpc) is 4.05. The fourth-order valence-electron chi connectivity index (χ4n) is 10.0. The van der Waals surface area contributed by atoms with Gasteiger partial charge in [-0.3, -0.25) is 33.6 Å². The Morgan fingerprint density at radius 3 is 1.72 bits per heavy atom. The molecule has 3 aliphatic rings. The monoisotopic (exact) mass is 1130 g/mol. The van der Waals surface area contributed by atoms with Crippen LogP contribution in [0.2, 0.25) is 0 Å². The van der Waals surface area contributed by atoms with Crippen LogP contribution in [0.1, 0.15) is 75.4 Å². The van der Waals surface area contributed by atoms with Gasteiger partial charge in [-0.1, -0.05) is 80.9 Å². The van der Waals surface area contributed by atoms with E-state index in [1.165, 1.54) is 31.2 Å². The number of fused-ring (bicyclic) bond motifs is 2. The first-order valence-electron chi connectivity index (χ1n) is 26.8. The maximum absolute atomic E-state index is 14.5. The first-order valence-corrected chi connectivity index (χ1v) is 26.8. The summed E-state index contributed by atoms with van der Waals surface area (Å²) < 4.78 is 5.78. The molecule has 81 heavy (non-hydrogen) atoms.